The number of amides is 2. The maximum atomic E-state index is 13.3. The lowest BCUT2D eigenvalue weighted by Crippen LogP contribution is -2.47. The molecule has 1 saturated heterocycles. The van der Waals surface area contributed by atoms with Crippen molar-refractivity contribution in [2.24, 2.45) is 11.8 Å². The van der Waals surface area contributed by atoms with Crippen LogP contribution in [0.1, 0.15) is 55.0 Å². The standard InChI is InChI=1S/C24H33N5O2S/c1-16-15-25-24(32-16)27-21-10-6-9-20(26-21)17-11-13-29(14-12-17)23(31)19-8-5-4-7-18(19)22(30)28(2)3/h6,9-10,15,17-19H,4-5,7-8,11-14H2,1-3H3,(H,25,26,27)/t18-,19+/m1/s1. The van der Waals surface area contributed by atoms with E-state index in [0.717, 1.165) is 73.1 Å². The average Bonchev–Trinajstić information content (AvgIpc) is 3.22. The van der Waals surface area contributed by atoms with Crippen LogP contribution in [0.3, 0.4) is 0 Å². The topological polar surface area (TPSA) is 78.4 Å². The normalized spacial score (nSPS) is 21.9. The van der Waals surface area contributed by atoms with Crippen LogP contribution >= 0.6 is 11.3 Å². The fraction of sp³-hybridized carbons (Fsp3) is 0.583. The summed E-state index contributed by atoms with van der Waals surface area (Å²) in [6.45, 7) is 3.50. The fourth-order valence-corrected chi connectivity index (χ4v) is 5.63. The Labute approximate surface area is 194 Å². The van der Waals surface area contributed by atoms with Gasteiger partial charge in [0.15, 0.2) is 5.13 Å². The molecule has 2 aliphatic rings. The van der Waals surface area contributed by atoms with Crippen LogP contribution < -0.4 is 5.32 Å². The second-order valence-electron chi connectivity index (χ2n) is 9.18. The molecule has 0 bridgehead atoms. The smallest absolute Gasteiger partial charge is 0.226 e. The minimum Gasteiger partial charge on any atom is -0.349 e. The van der Waals surface area contributed by atoms with Crippen molar-refractivity contribution in [1.82, 2.24) is 19.8 Å². The molecular formula is C24H33N5O2S. The molecule has 4 rings (SSSR count). The number of aryl methyl sites for hydroxylation is 1. The van der Waals surface area contributed by atoms with Crippen LogP contribution in [0.2, 0.25) is 0 Å². The van der Waals surface area contributed by atoms with E-state index in [9.17, 15) is 9.59 Å². The van der Waals surface area contributed by atoms with E-state index in [1.807, 2.05) is 30.2 Å². The van der Waals surface area contributed by atoms with E-state index in [4.69, 9.17) is 4.98 Å². The Morgan fingerprint density at radius 2 is 1.81 bits per heavy atom. The second-order valence-corrected chi connectivity index (χ2v) is 10.4. The zero-order valence-corrected chi connectivity index (χ0v) is 20.0. The summed E-state index contributed by atoms with van der Waals surface area (Å²) in [5.74, 6) is 1.09. The molecule has 8 heteroatoms. The van der Waals surface area contributed by atoms with E-state index in [2.05, 4.69) is 16.4 Å². The lowest BCUT2D eigenvalue weighted by atomic mass is 9.77. The number of rotatable bonds is 5. The number of nitrogens with zero attached hydrogens (tertiary/aromatic N) is 4. The van der Waals surface area contributed by atoms with Gasteiger partial charge in [0.25, 0.3) is 0 Å². The quantitative estimate of drug-likeness (QED) is 0.731. The van der Waals surface area contributed by atoms with Crippen molar-refractivity contribution in [3.05, 3.63) is 35.0 Å². The highest BCUT2D eigenvalue weighted by atomic mass is 32.1. The molecule has 1 aliphatic heterocycles. The van der Waals surface area contributed by atoms with Crippen molar-refractivity contribution in [1.29, 1.82) is 0 Å². The van der Waals surface area contributed by atoms with Crippen molar-refractivity contribution in [3.63, 3.8) is 0 Å². The van der Waals surface area contributed by atoms with Crippen LogP contribution in [0.5, 0.6) is 0 Å². The maximum absolute atomic E-state index is 13.3. The Morgan fingerprint density at radius 1 is 1.09 bits per heavy atom. The largest absolute Gasteiger partial charge is 0.349 e. The number of carbonyl (C=O) groups is 2. The summed E-state index contributed by atoms with van der Waals surface area (Å²) in [4.78, 5) is 39.9. The van der Waals surface area contributed by atoms with Gasteiger partial charge in [-0.15, -0.1) is 11.3 Å². The number of anilines is 2. The van der Waals surface area contributed by atoms with Gasteiger partial charge in [-0.05, 0) is 44.7 Å². The summed E-state index contributed by atoms with van der Waals surface area (Å²) < 4.78 is 0. The first-order valence-corrected chi connectivity index (χ1v) is 12.4. The van der Waals surface area contributed by atoms with Crippen molar-refractivity contribution < 1.29 is 9.59 Å². The second kappa shape index (κ2) is 9.98. The summed E-state index contributed by atoms with van der Waals surface area (Å²) in [6, 6.07) is 6.07. The zero-order valence-electron chi connectivity index (χ0n) is 19.2. The van der Waals surface area contributed by atoms with Crippen LogP contribution in [-0.2, 0) is 9.59 Å². The third-order valence-corrected chi connectivity index (χ3v) is 7.52. The van der Waals surface area contributed by atoms with Crippen molar-refractivity contribution in [2.45, 2.75) is 51.4 Å². The number of thiazole rings is 1. The minimum atomic E-state index is -0.164. The van der Waals surface area contributed by atoms with E-state index in [1.165, 1.54) is 0 Å². The van der Waals surface area contributed by atoms with E-state index in [-0.39, 0.29) is 23.7 Å². The summed E-state index contributed by atoms with van der Waals surface area (Å²) in [7, 11) is 3.57. The molecule has 1 aliphatic carbocycles. The molecular weight excluding hydrogens is 422 g/mol. The van der Waals surface area contributed by atoms with Gasteiger partial charge in [-0.25, -0.2) is 9.97 Å². The Balaban J connectivity index is 1.37. The number of piperidine rings is 1. The molecule has 0 radical (unpaired) electrons. The Bertz CT molecular complexity index is 951. The molecule has 1 saturated carbocycles. The van der Waals surface area contributed by atoms with Gasteiger partial charge in [0.2, 0.25) is 11.8 Å². The molecule has 3 heterocycles. The highest BCUT2D eigenvalue weighted by Gasteiger charge is 2.39. The summed E-state index contributed by atoms with van der Waals surface area (Å²) in [5.41, 5.74) is 1.06. The number of likely N-dealkylation sites (tertiary alicyclic amines) is 1. The van der Waals surface area contributed by atoms with E-state index in [0.29, 0.717) is 5.92 Å². The number of hydrogen-bond acceptors (Lipinski definition) is 6. The van der Waals surface area contributed by atoms with Gasteiger partial charge in [0.1, 0.15) is 5.82 Å². The van der Waals surface area contributed by atoms with Gasteiger partial charge in [0.05, 0.1) is 0 Å². The monoisotopic (exact) mass is 455 g/mol. The molecule has 2 atom stereocenters. The first kappa shape index (κ1) is 22.7. The first-order chi connectivity index (χ1) is 15.4. The highest BCUT2D eigenvalue weighted by Crippen LogP contribution is 2.35. The molecule has 7 nitrogen and oxygen atoms in total. The Morgan fingerprint density at radius 3 is 2.47 bits per heavy atom. The molecule has 1 N–H and O–H groups in total. The fourth-order valence-electron chi connectivity index (χ4n) is 4.95. The highest BCUT2D eigenvalue weighted by molar-refractivity contribution is 7.15. The summed E-state index contributed by atoms with van der Waals surface area (Å²) in [5, 5.41) is 4.14. The number of hydrogen-bond donors (Lipinski definition) is 1. The third-order valence-electron chi connectivity index (χ3n) is 6.69. The van der Waals surface area contributed by atoms with Crippen molar-refractivity contribution >= 4 is 34.1 Å². The molecule has 172 valence electrons. The van der Waals surface area contributed by atoms with Gasteiger partial charge < -0.3 is 15.1 Å². The van der Waals surface area contributed by atoms with Crippen LogP contribution in [0, 0.1) is 18.8 Å². The van der Waals surface area contributed by atoms with Crippen LogP contribution in [0.15, 0.2) is 24.4 Å². The van der Waals surface area contributed by atoms with E-state index < -0.39 is 0 Å². The van der Waals surface area contributed by atoms with E-state index in [1.54, 1.807) is 30.3 Å². The van der Waals surface area contributed by atoms with Crippen LogP contribution in [0.4, 0.5) is 10.9 Å². The predicted molar refractivity (Wildman–Crippen MR) is 127 cm³/mol. The number of aromatic nitrogens is 2. The summed E-state index contributed by atoms with van der Waals surface area (Å²) >= 11 is 1.61. The van der Waals surface area contributed by atoms with Crippen LogP contribution in [0.25, 0.3) is 0 Å². The molecule has 2 fully saturated rings. The van der Waals surface area contributed by atoms with Gasteiger partial charge in [-0.2, -0.15) is 0 Å². The molecule has 0 aromatic carbocycles. The van der Waals surface area contributed by atoms with Crippen molar-refractivity contribution in [2.75, 3.05) is 32.5 Å². The van der Waals surface area contributed by atoms with Crippen LogP contribution in [-0.4, -0.2) is 58.8 Å². The maximum Gasteiger partial charge on any atom is 0.226 e. The van der Waals surface area contributed by atoms with Gasteiger partial charge in [0, 0.05) is 61.7 Å². The van der Waals surface area contributed by atoms with Gasteiger partial charge in [-0.3, -0.25) is 9.59 Å². The number of carbonyl (C=O) groups excluding carboxylic acids is 2. The minimum absolute atomic E-state index is 0.0990. The molecule has 32 heavy (non-hydrogen) atoms. The SMILES string of the molecule is Cc1cnc(Nc2cccc(C3CCN(C(=O)[C@H]4CCCC[C@H]4C(=O)N(C)C)CC3)n2)s1. The molecule has 2 aromatic rings. The first-order valence-electron chi connectivity index (χ1n) is 11.6. The van der Waals surface area contributed by atoms with E-state index >= 15 is 0 Å². The summed E-state index contributed by atoms with van der Waals surface area (Å²) in [6.07, 6.45) is 7.38. The lowest BCUT2D eigenvalue weighted by molar-refractivity contribution is -0.147. The predicted octanol–water partition coefficient (Wildman–Crippen LogP) is 4.19. The van der Waals surface area contributed by atoms with Gasteiger partial charge >= 0.3 is 0 Å². The lowest BCUT2D eigenvalue weighted by Gasteiger charge is -2.38. The zero-order chi connectivity index (χ0) is 22.7. The number of nitrogens with one attached hydrogen (secondary N) is 1. The molecule has 0 spiro atoms. The van der Waals surface area contributed by atoms with Crippen molar-refractivity contribution in [3.8, 4) is 0 Å². The number of pyridine rings is 1. The molecule has 2 amide bonds. The Kier molecular flexibility index (Phi) is 7.08. The van der Waals surface area contributed by atoms with Gasteiger partial charge in [-0.1, -0.05) is 18.9 Å². The average molecular weight is 456 g/mol. The third kappa shape index (κ3) is 5.11. The molecule has 0 unspecified atom stereocenters. The molecule has 2 aromatic heterocycles. The Hall–Kier alpha value is -2.48.